The molecule has 7 nitrogen and oxygen atoms in total. The molecule has 0 aromatic carbocycles. The Morgan fingerprint density at radius 3 is 2.58 bits per heavy atom. The SMILES string of the molecule is C=C/N=C(\C=C(/C)c1sc(NC(=O)N2CCCC2C(N)=O)nc1C)C(C)(C)C(F)(F)F. The number of hydrogen-bond donors (Lipinski definition) is 2. The third-order valence-electron chi connectivity index (χ3n) is 5.14. The topological polar surface area (TPSA) is 101 Å². The molecule has 1 aromatic rings. The van der Waals surface area contributed by atoms with E-state index in [-0.39, 0.29) is 10.8 Å². The molecule has 2 heterocycles. The molecule has 3 amide bonds. The number of alkyl halides is 3. The van der Waals surface area contributed by atoms with Crippen molar-refractivity contribution in [2.75, 3.05) is 11.9 Å². The van der Waals surface area contributed by atoms with Crippen molar-refractivity contribution in [2.45, 2.75) is 52.8 Å². The predicted molar refractivity (Wildman–Crippen MR) is 116 cm³/mol. The summed E-state index contributed by atoms with van der Waals surface area (Å²) >= 11 is 1.13. The highest BCUT2D eigenvalue weighted by Gasteiger charge is 2.50. The Kier molecular flexibility index (Phi) is 7.30. The summed E-state index contributed by atoms with van der Waals surface area (Å²) in [6, 6.07) is -1.15. The Morgan fingerprint density at radius 2 is 2.03 bits per heavy atom. The van der Waals surface area contributed by atoms with E-state index in [1.807, 2.05) is 0 Å². The van der Waals surface area contributed by atoms with Crippen LogP contribution in [-0.4, -0.2) is 46.3 Å². The highest BCUT2D eigenvalue weighted by molar-refractivity contribution is 7.17. The number of carbonyl (C=O) groups excluding carboxylic acids is 2. The fourth-order valence-corrected chi connectivity index (χ4v) is 4.11. The number of aliphatic imine (C=N–C) groups is 1. The number of anilines is 1. The Balaban J connectivity index is 2.28. The first kappa shape index (κ1) is 24.6. The Hall–Kier alpha value is -2.69. The molecular weight excluding hydrogens is 431 g/mol. The normalized spacial score (nSPS) is 18.3. The summed E-state index contributed by atoms with van der Waals surface area (Å²) in [5.41, 5.74) is 4.04. The minimum absolute atomic E-state index is 0.188. The molecule has 0 radical (unpaired) electrons. The summed E-state index contributed by atoms with van der Waals surface area (Å²) < 4.78 is 40.5. The highest BCUT2D eigenvalue weighted by Crippen LogP contribution is 2.40. The van der Waals surface area contributed by atoms with E-state index >= 15 is 0 Å². The second kappa shape index (κ2) is 9.21. The number of rotatable bonds is 6. The van der Waals surface area contributed by atoms with Crippen LogP contribution in [0.2, 0.25) is 0 Å². The number of thiazole rings is 1. The van der Waals surface area contributed by atoms with Crippen LogP contribution >= 0.6 is 11.3 Å². The first-order valence-corrected chi connectivity index (χ1v) is 10.4. The number of halogens is 3. The van der Waals surface area contributed by atoms with E-state index in [0.717, 1.165) is 31.4 Å². The van der Waals surface area contributed by atoms with Gasteiger partial charge in [-0.15, -0.1) is 0 Å². The summed E-state index contributed by atoms with van der Waals surface area (Å²) in [5, 5.41) is 2.93. The minimum Gasteiger partial charge on any atom is -0.368 e. The second-order valence-corrected chi connectivity index (χ2v) is 8.76. The number of nitrogens with two attached hydrogens (primary N) is 1. The van der Waals surface area contributed by atoms with Crippen molar-refractivity contribution < 1.29 is 22.8 Å². The number of aryl methyl sites for hydroxylation is 1. The first-order chi connectivity index (χ1) is 14.3. The number of amides is 3. The molecule has 31 heavy (non-hydrogen) atoms. The van der Waals surface area contributed by atoms with Crippen LogP contribution < -0.4 is 11.1 Å². The lowest BCUT2D eigenvalue weighted by Gasteiger charge is -2.28. The van der Waals surface area contributed by atoms with Crippen molar-refractivity contribution in [3.63, 3.8) is 0 Å². The lowest BCUT2D eigenvalue weighted by atomic mass is 9.85. The summed E-state index contributed by atoms with van der Waals surface area (Å²) in [4.78, 5) is 34.1. The van der Waals surface area contributed by atoms with Gasteiger partial charge in [0.1, 0.15) is 11.5 Å². The number of carbonyl (C=O) groups is 2. The fraction of sp³-hybridized carbons (Fsp3) is 0.500. The lowest BCUT2D eigenvalue weighted by molar-refractivity contribution is -0.185. The summed E-state index contributed by atoms with van der Waals surface area (Å²) in [5.74, 6) is -0.566. The van der Waals surface area contributed by atoms with Crippen LogP contribution in [0.3, 0.4) is 0 Å². The zero-order chi connectivity index (χ0) is 23.6. The summed E-state index contributed by atoms with van der Waals surface area (Å²) in [6.07, 6.45) is -0.896. The molecule has 1 aromatic heterocycles. The van der Waals surface area contributed by atoms with Crippen molar-refractivity contribution in [1.29, 1.82) is 0 Å². The largest absolute Gasteiger partial charge is 0.399 e. The second-order valence-electron chi connectivity index (χ2n) is 7.76. The van der Waals surface area contributed by atoms with Crippen LogP contribution in [0.5, 0.6) is 0 Å². The molecule has 1 aliphatic rings. The molecule has 170 valence electrons. The Morgan fingerprint density at radius 1 is 1.39 bits per heavy atom. The number of allylic oxidation sites excluding steroid dienone is 2. The molecule has 11 heteroatoms. The van der Waals surface area contributed by atoms with Gasteiger partial charge < -0.3 is 10.6 Å². The van der Waals surface area contributed by atoms with Gasteiger partial charge in [-0.25, -0.2) is 9.78 Å². The van der Waals surface area contributed by atoms with Gasteiger partial charge in [-0.1, -0.05) is 17.9 Å². The van der Waals surface area contributed by atoms with Gasteiger partial charge in [-0.05, 0) is 52.2 Å². The van der Waals surface area contributed by atoms with E-state index < -0.39 is 29.6 Å². The average Bonchev–Trinajstić information content (AvgIpc) is 3.27. The molecule has 1 unspecified atom stereocenters. The van der Waals surface area contributed by atoms with Crippen molar-refractivity contribution in [3.8, 4) is 0 Å². The minimum atomic E-state index is -4.50. The van der Waals surface area contributed by atoms with Crippen LogP contribution in [-0.2, 0) is 4.79 Å². The van der Waals surface area contributed by atoms with Gasteiger partial charge >= 0.3 is 12.2 Å². The number of urea groups is 1. The van der Waals surface area contributed by atoms with Gasteiger partial charge in [0, 0.05) is 12.7 Å². The molecule has 0 saturated carbocycles. The van der Waals surface area contributed by atoms with Crippen LogP contribution in [0.4, 0.5) is 23.1 Å². The van der Waals surface area contributed by atoms with E-state index in [4.69, 9.17) is 5.73 Å². The van der Waals surface area contributed by atoms with Gasteiger partial charge in [0.2, 0.25) is 5.91 Å². The first-order valence-electron chi connectivity index (χ1n) is 9.58. The van der Waals surface area contributed by atoms with E-state index in [2.05, 4.69) is 21.9 Å². The summed E-state index contributed by atoms with van der Waals surface area (Å²) in [7, 11) is 0. The molecule has 2 rings (SSSR count). The number of nitrogens with one attached hydrogen (secondary N) is 1. The Labute approximate surface area is 182 Å². The van der Waals surface area contributed by atoms with Crippen molar-refractivity contribution in [2.24, 2.45) is 16.1 Å². The van der Waals surface area contributed by atoms with Crippen LogP contribution in [0, 0.1) is 12.3 Å². The maximum Gasteiger partial charge on any atom is 0.399 e. The molecular formula is C20H26F3N5O2S. The highest BCUT2D eigenvalue weighted by atomic mass is 32.1. The van der Waals surface area contributed by atoms with Crippen molar-refractivity contribution >= 4 is 39.7 Å². The quantitative estimate of drug-likeness (QED) is 0.615. The zero-order valence-corrected chi connectivity index (χ0v) is 18.7. The average molecular weight is 458 g/mol. The predicted octanol–water partition coefficient (Wildman–Crippen LogP) is 4.51. The monoisotopic (exact) mass is 457 g/mol. The maximum atomic E-state index is 13.5. The zero-order valence-electron chi connectivity index (χ0n) is 17.8. The van der Waals surface area contributed by atoms with Gasteiger partial charge in [0.05, 0.1) is 16.3 Å². The molecule has 0 spiro atoms. The van der Waals surface area contributed by atoms with E-state index in [9.17, 15) is 22.8 Å². The smallest absolute Gasteiger partial charge is 0.368 e. The van der Waals surface area contributed by atoms with Gasteiger partial charge in [-0.3, -0.25) is 15.1 Å². The number of primary amides is 1. The van der Waals surface area contributed by atoms with E-state index in [1.165, 1.54) is 11.0 Å². The fourth-order valence-electron chi connectivity index (χ4n) is 3.18. The Bertz CT molecular complexity index is 934. The molecule has 1 saturated heterocycles. The van der Waals surface area contributed by atoms with Crippen LogP contribution in [0.25, 0.3) is 5.57 Å². The van der Waals surface area contributed by atoms with E-state index in [1.54, 1.807) is 13.8 Å². The van der Waals surface area contributed by atoms with Crippen molar-refractivity contribution in [1.82, 2.24) is 9.88 Å². The third kappa shape index (κ3) is 5.33. The maximum absolute atomic E-state index is 13.5. The van der Waals surface area contributed by atoms with Gasteiger partial charge in [0.15, 0.2) is 5.13 Å². The van der Waals surface area contributed by atoms with E-state index in [0.29, 0.717) is 35.5 Å². The number of aromatic nitrogens is 1. The number of nitrogens with zero attached hydrogens (tertiary/aromatic N) is 3. The molecule has 1 aliphatic heterocycles. The molecule has 1 fully saturated rings. The standard InChI is InChI=1S/C20H26F3N5O2S/c1-6-25-14(19(4,5)20(21,22)23)10-11(2)15-12(3)26-17(31-15)27-18(30)28-9-7-8-13(28)16(24)29/h6,10,13H,1,7-9H2,2-5H3,(H2,24,29)(H,26,27,30)/b11-10+,25-14+. The molecule has 0 aliphatic carbocycles. The molecule has 0 bridgehead atoms. The third-order valence-corrected chi connectivity index (χ3v) is 6.35. The molecule has 1 atom stereocenters. The van der Waals surface area contributed by atoms with Gasteiger partial charge in [0.25, 0.3) is 0 Å². The van der Waals surface area contributed by atoms with Crippen LogP contribution in [0.15, 0.2) is 23.8 Å². The lowest BCUT2D eigenvalue weighted by Crippen LogP contribution is -2.45. The van der Waals surface area contributed by atoms with Crippen molar-refractivity contribution in [3.05, 3.63) is 29.4 Å². The molecule has 3 N–H and O–H groups in total. The summed E-state index contributed by atoms with van der Waals surface area (Å²) in [6.45, 7) is 9.26. The van der Waals surface area contributed by atoms with Gasteiger partial charge in [-0.2, -0.15) is 13.2 Å². The van der Waals surface area contributed by atoms with Crippen LogP contribution in [0.1, 0.15) is 44.2 Å². The number of likely N-dealkylation sites (tertiary alicyclic amines) is 1. The number of hydrogen-bond acceptors (Lipinski definition) is 5.